The molecule has 2 rings (SSSR count). The maximum Gasteiger partial charge on any atom is 0.128 e. The first-order valence-corrected chi connectivity index (χ1v) is 7.69. The van der Waals surface area contributed by atoms with E-state index in [9.17, 15) is 8.78 Å². The molecular formula is C17H25F2N. The second-order valence-corrected chi connectivity index (χ2v) is 6.32. The molecule has 1 fully saturated rings. The normalized spacial score (nSPS) is 25.2. The van der Waals surface area contributed by atoms with Crippen LogP contribution in [-0.4, -0.2) is 6.04 Å². The third-order valence-corrected chi connectivity index (χ3v) is 4.49. The van der Waals surface area contributed by atoms with Gasteiger partial charge in [0.1, 0.15) is 11.6 Å². The van der Waals surface area contributed by atoms with Gasteiger partial charge in [-0.25, -0.2) is 8.78 Å². The van der Waals surface area contributed by atoms with Crippen LogP contribution in [0.4, 0.5) is 8.78 Å². The minimum absolute atomic E-state index is 0.150. The molecule has 3 heteroatoms. The van der Waals surface area contributed by atoms with E-state index in [0.29, 0.717) is 17.2 Å². The molecule has 1 saturated carbocycles. The smallest absolute Gasteiger partial charge is 0.128 e. The lowest BCUT2D eigenvalue weighted by Crippen LogP contribution is -2.31. The van der Waals surface area contributed by atoms with Crippen LogP contribution in [0.1, 0.15) is 63.1 Å². The van der Waals surface area contributed by atoms with Gasteiger partial charge in [0, 0.05) is 17.6 Å². The van der Waals surface area contributed by atoms with Gasteiger partial charge in [0.2, 0.25) is 0 Å². The molecule has 1 aromatic rings. The van der Waals surface area contributed by atoms with Gasteiger partial charge >= 0.3 is 0 Å². The average Bonchev–Trinajstić information content (AvgIpc) is 2.59. The molecule has 0 heterocycles. The summed E-state index contributed by atoms with van der Waals surface area (Å²) in [5, 5.41) is 3.48. The topological polar surface area (TPSA) is 12.0 Å². The van der Waals surface area contributed by atoms with Crippen LogP contribution < -0.4 is 5.32 Å². The van der Waals surface area contributed by atoms with Gasteiger partial charge in [0.25, 0.3) is 0 Å². The second kappa shape index (κ2) is 6.66. The monoisotopic (exact) mass is 281 g/mol. The van der Waals surface area contributed by atoms with E-state index in [1.807, 2.05) is 6.92 Å². The van der Waals surface area contributed by atoms with Crippen molar-refractivity contribution in [2.24, 2.45) is 5.92 Å². The van der Waals surface area contributed by atoms with Gasteiger partial charge < -0.3 is 5.32 Å². The van der Waals surface area contributed by atoms with Crippen molar-refractivity contribution < 1.29 is 8.78 Å². The summed E-state index contributed by atoms with van der Waals surface area (Å²) in [5.74, 6) is 0.140. The molecule has 1 aliphatic carbocycles. The molecule has 1 aromatic carbocycles. The molecule has 0 spiro atoms. The number of hydrogen-bond acceptors (Lipinski definition) is 1. The number of nitrogens with one attached hydrogen (secondary N) is 1. The van der Waals surface area contributed by atoms with E-state index in [2.05, 4.69) is 12.2 Å². The molecule has 0 radical (unpaired) electrons. The summed E-state index contributed by atoms with van der Waals surface area (Å²) in [6, 6.07) is 2.89. The van der Waals surface area contributed by atoms with Gasteiger partial charge in [-0.05, 0) is 56.7 Å². The van der Waals surface area contributed by atoms with Crippen LogP contribution in [0.5, 0.6) is 0 Å². The lowest BCUT2D eigenvalue weighted by Gasteiger charge is -2.23. The summed E-state index contributed by atoms with van der Waals surface area (Å²) < 4.78 is 27.6. The lowest BCUT2D eigenvalue weighted by atomic mass is 10.0. The molecule has 3 unspecified atom stereocenters. The fourth-order valence-electron chi connectivity index (χ4n) is 3.09. The summed E-state index contributed by atoms with van der Waals surface area (Å²) in [5.41, 5.74) is 0.798. The first-order valence-electron chi connectivity index (χ1n) is 7.69. The van der Waals surface area contributed by atoms with E-state index in [4.69, 9.17) is 0 Å². The van der Waals surface area contributed by atoms with Crippen molar-refractivity contribution in [1.29, 1.82) is 0 Å². The van der Waals surface area contributed by atoms with Gasteiger partial charge in [0.15, 0.2) is 0 Å². The maximum atomic E-state index is 14.0. The van der Waals surface area contributed by atoms with Crippen molar-refractivity contribution in [2.75, 3.05) is 0 Å². The molecular weight excluding hydrogens is 256 g/mol. The molecule has 0 amide bonds. The highest BCUT2D eigenvalue weighted by Crippen LogP contribution is 2.26. The molecule has 0 aromatic heterocycles. The summed E-state index contributed by atoms with van der Waals surface area (Å²) in [7, 11) is 0. The maximum absolute atomic E-state index is 14.0. The van der Waals surface area contributed by atoms with Gasteiger partial charge in [0.05, 0.1) is 0 Å². The van der Waals surface area contributed by atoms with Gasteiger partial charge in [-0.2, -0.15) is 0 Å². The third-order valence-electron chi connectivity index (χ3n) is 4.49. The molecule has 0 saturated heterocycles. The van der Waals surface area contributed by atoms with Crippen molar-refractivity contribution in [3.8, 4) is 0 Å². The quantitative estimate of drug-likeness (QED) is 0.778. The Morgan fingerprint density at radius 2 is 1.85 bits per heavy atom. The predicted molar refractivity (Wildman–Crippen MR) is 78.7 cm³/mol. The lowest BCUT2D eigenvalue weighted by molar-refractivity contribution is 0.399. The van der Waals surface area contributed by atoms with E-state index in [1.165, 1.54) is 31.4 Å². The number of benzene rings is 1. The van der Waals surface area contributed by atoms with Crippen LogP contribution in [0, 0.1) is 24.5 Å². The highest BCUT2D eigenvalue weighted by molar-refractivity contribution is 5.27. The van der Waals surface area contributed by atoms with E-state index >= 15 is 0 Å². The van der Waals surface area contributed by atoms with Crippen molar-refractivity contribution in [2.45, 2.75) is 65.0 Å². The van der Waals surface area contributed by atoms with Gasteiger partial charge in [-0.3, -0.25) is 0 Å². The Morgan fingerprint density at radius 1 is 1.10 bits per heavy atom. The summed E-state index contributed by atoms with van der Waals surface area (Å²) in [6.07, 6.45) is 5.97. The molecule has 0 bridgehead atoms. The molecule has 1 N–H and O–H groups in total. The number of aryl methyl sites for hydroxylation is 1. The Labute approximate surface area is 120 Å². The Morgan fingerprint density at radius 3 is 2.60 bits per heavy atom. The molecule has 3 atom stereocenters. The van der Waals surface area contributed by atoms with Crippen molar-refractivity contribution in [3.05, 3.63) is 34.9 Å². The predicted octanol–water partition coefficient (Wildman–Crippen LogP) is 4.89. The largest absolute Gasteiger partial charge is 0.307 e. The second-order valence-electron chi connectivity index (χ2n) is 6.32. The minimum Gasteiger partial charge on any atom is -0.307 e. The first-order chi connectivity index (χ1) is 9.47. The number of rotatable bonds is 3. The SMILES string of the molecule is Cc1cc(F)c(C(C)NC2CCCC(C)CC2)cc1F. The fraction of sp³-hybridized carbons (Fsp3) is 0.647. The van der Waals surface area contributed by atoms with Crippen molar-refractivity contribution >= 4 is 0 Å². The standard InChI is InChI=1S/C17H25F2N/c1-11-5-4-6-14(8-7-11)20-13(3)15-10-16(18)12(2)9-17(15)19/h9-11,13-14,20H,4-8H2,1-3H3. The van der Waals surface area contributed by atoms with Crippen LogP contribution in [-0.2, 0) is 0 Å². The minimum atomic E-state index is -0.329. The van der Waals surface area contributed by atoms with Crippen LogP contribution in [0.25, 0.3) is 0 Å². The Hall–Kier alpha value is -0.960. The van der Waals surface area contributed by atoms with Crippen molar-refractivity contribution in [3.63, 3.8) is 0 Å². The zero-order chi connectivity index (χ0) is 14.7. The zero-order valence-electron chi connectivity index (χ0n) is 12.7. The van der Waals surface area contributed by atoms with Gasteiger partial charge in [-0.15, -0.1) is 0 Å². The zero-order valence-corrected chi connectivity index (χ0v) is 12.7. The van der Waals surface area contributed by atoms with E-state index < -0.39 is 0 Å². The molecule has 1 aliphatic rings. The summed E-state index contributed by atoms with van der Waals surface area (Å²) in [4.78, 5) is 0. The Bertz CT molecular complexity index is 459. The fourth-order valence-corrected chi connectivity index (χ4v) is 3.09. The van der Waals surface area contributed by atoms with Crippen molar-refractivity contribution in [1.82, 2.24) is 5.32 Å². The molecule has 20 heavy (non-hydrogen) atoms. The van der Waals surface area contributed by atoms with Crippen LogP contribution in [0.3, 0.4) is 0 Å². The number of hydrogen-bond donors (Lipinski definition) is 1. The molecule has 112 valence electrons. The third kappa shape index (κ3) is 3.78. The van der Waals surface area contributed by atoms with Crippen LogP contribution >= 0.6 is 0 Å². The summed E-state index contributed by atoms with van der Waals surface area (Å²) in [6.45, 7) is 5.80. The van der Waals surface area contributed by atoms with E-state index in [-0.39, 0.29) is 17.7 Å². The molecule has 0 aliphatic heterocycles. The van der Waals surface area contributed by atoms with E-state index in [1.54, 1.807) is 6.92 Å². The van der Waals surface area contributed by atoms with Gasteiger partial charge in [-0.1, -0.05) is 19.8 Å². The highest BCUT2D eigenvalue weighted by atomic mass is 19.1. The number of halogens is 2. The van der Waals surface area contributed by atoms with E-state index in [0.717, 1.165) is 18.8 Å². The first kappa shape index (κ1) is 15.4. The average molecular weight is 281 g/mol. The highest BCUT2D eigenvalue weighted by Gasteiger charge is 2.20. The van der Waals surface area contributed by atoms with Crippen LogP contribution in [0.15, 0.2) is 12.1 Å². The Kier molecular flexibility index (Phi) is 5.14. The summed E-state index contributed by atoms with van der Waals surface area (Å²) >= 11 is 0. The molecule has 1 nitrogen and oxygen atoms in total. The Balaban J connectivity index is 2.04. The van der Waals surface area contributed by atoms with Crippen LogP contribution in [0.2, 0.25) is 0 Å².